The molecule has 0 spiro atoms. The van der Waals surface area contributed by atoms with E-state index in [0.717, 1.165) is 28.0 Å². The molecule has 0 saturated heterocycles. The van der Waals surface area contributed by atoms with Crippen LogP contribution in [0.25, 0.3) is 22.3 Å². The summed E-state index contributed by atoms with van der Waals surface area (Å²) in [5.74, 6) is 1.06. The lowest BCUT2D eigenvalue weighted by molar-refractivity contribution is 0.0697. The Morgan fingerprint density at radius 2 is 1.78 bits per heavy atom. The fraction of sp³-hybridized carbons (Fsp3) is 0.222. The van der Waals surface area contributed by atoms with Crippen molar-refractivity contribution in [1.82, 2.24) is 9.66 Å². The molecule has 1 heterocycles. The van der Waals surface area contributed by atoms with E-state index >= 15 is 0 Å². The highest BCUT2D eigenvalue weighted by Gasteiger charge is 2.19. The number of hydrogen-bond acceptors (Lipinski definition) is 7. The first-order valence-electron chi connectivity index (χ1n) is 14.8. The Bertz CT molecular complexity index is 2000. The topological polar surface area (TPSA) is 112 Å². The number of aryl methyl sites for hydroxylation is 1. The van der Waals surface area contributed by atoms with Gasteiger partial charge in [0.2, 0.25) is 0 Å². The summed E-state index contributed by atoms with van der Waals surface area (Å²) in [5.41, 5.74) is 4.42. The number of para-hydroxylation sites is 1. The lowest BCUT2D eigenvalue weighted by atomic mass is 9.96. The van der Waals surface area contributed by atoms with Crippen LogP contribution in [-0.2, 0) is 6.61 Å². The third kappa shape index (κ3) is 6.74. The summed E-state index contributed by atoms with van der Waals surface area (Å²) in [6, 6.07) is 20.9. The van der Waals surface area contributed by atoms with Gasteiger partial charge in [-0.25, -0.2) is 9.78 Å². The third-order valence-electron chi connectivity index (χ3n) is 7.43. The van der Waals surface area contributed by atoms with Crippen LogP contribution < -0.4 is 19.8 Å². The van der Waals surface area contributed by atoms with E-state index in [4.69, 9.17) is 35.9 Å². The number of halogens is 1. The first kappa shape index (κ1) is 32.2. The van der Waals surface area contributed by atoms with E-state index in [9.17, 15) is 9.59 Å². The SMILES string of the molecule is CCOc1cc(C)c(-c2nc3ccccc3c(=O)n2N=Cc2cc(Cl)c(OCc3ccc(C(=O)O)cc3)c(OC)c2)cc1C(C)C. The summed E-state index contributed by atoms with van der Waals surface area (Å²) in [4.78, 5) is 29.9. The molecular weight excluding hydrogens is 606 g/mol. The monoisotopic (exact) mass is 639 g/mol. The van der Waals surface area contributed by atoms with Crippen LogP contribution in [0.1, 0.15) is 59.3 Å². The molecule has 46 heavy (non-hydrogen) atoms. The molecule has 9 nitrogen and oxygen atoms in total. The quantitative estimate of drug-likeness (QED) is 0.147. The van der Waals surface area contributed by atoms with E-state index in [1.165, 1.54) is 30.1 Å². The zero-order chi connectivity index (χ0) is 33.0. The first-order valence-corrected chi connectivity index (χ1v) is 15.2. The summed E-state index contributed by atoms with van der Waals surface area (Å²) in [6.07, 6.45) is 1.53. The normalized spacial score (nSPS) is 11.4. The highest BCUT2D eigenvalue weighted by Crippen LogP contribution is 2.37. The molecule has 5 aromatic rings. The lowest BCUT2D eigenvalue weighted by Gasteiger charge is -2.18. The summed E-state index contributed by atoms with van der Waals surface area (Å²) in [5, 5.41) is 14.5. The molecule has 0 bridgehead atoms. The molecule has 0 saturated carbocycles. The van der Waals surface area contributed by atoms with Crippen LogP contribution in [0.5, 0.6) is 17.2 Å². The van der Waals surface area contributed by atoms with Crippen LogP contribution in [0.4, 0.5) is 0 Å². The van der Waals surface area contributed by atoms with Gasteiger partial charge >= 0.3 is 5.97 Å². The molecule has 0 aliphatic heterocycles. The molecule has 5 rings (SSSR count). The van der Waals surface area contributed by atoms with Gasteiger partial charge in [-0.3, -0.25) is 4.79 Å². The van der Waals surface area contributed by atoms with Crippen LogP contribution in [0, 0.1) is 6.92 Å². The van der Waals surface area contributed by atoms with Crippen molar-refractivity contribution in [2.45, 2.75) is 40.2 Å². The van der Waals surface area contributed by atoms with Crippen molar-refractivity contribution in [3.05, 3.63) is 116 Å². The van der Waals surface area contributed by atoms with Gasteiger partial charge in [0.15, 0.2) is 17.3 Å². The van der Waals surface area contributed by atoms with Crippen molar-refractivity contribution in [3.63, 3.8) is 0 Å². The fourth-order valence-electron chi connectivity index (χ4n) is 5.05. The van der Waals surface area contributed by atoms with Crippen molar-refractivity contribution in [1.29, 1.82) is 0 Å². The van der Waals surface area contributed by atoms with Gasteiger partial charge < -0.3 is 19.3 Å². The molecule has 4 aromatic carbocycles. The van der Waals surface area contributed by atoms with Crippen LogP contribution >= 0.6 is 11.6 Å². The van der Waals surface area contributed by atoms with Crippen LogP contribution in [0.15, 0.2) is 82.7 Å². The number of methoxy groups -OCH3 is 1. The molecular formula is C36H34ClN3O6. The summed E-state index contributed by atoms with van der Waals surface area (Å²) < 4.78 is 18.8. The van der Waals surface area contributed by atoms with Crippen LogP contribution in [0.2, 0.25) is 5.02 Å². The van der Waals surface area contributed by atoms with Gasteiger partial charge in [-0.15, -0.1) is 0 Å². The van der Waals surface area contributed by atoms with E-state index in [0.29, 0.717) is 40.4 Å². The fourth-order valence-corrected chi connectivity index (χ4v) is 5.33. The summed E-state index contributed by atoms with van der Waals surface area (Å²) in [6.45, 7) is 8.78. The Morgan fingerprint density at radius 1 is 1.04 bits per heavy atom. The van der Waals surface area contributed by atoms with E-state index < -0.39 is 5.97 Å². The predicted molar refractivity (Wildman–Crippen MR) is 180 cm³/mol. The van der Waals surface area contributed by atoms with Gasteiger partial charge in [-0.05, 0) is 90.6 Å². The number of rotatable bonds is 11. The molecule has 1 N–H and O–H groups in total. The molecule has 0 atom stereocenters. The Labute approximate surface area is 271 Å². The minimum atomic E-state index is -1.00. The number of carbonyl (C=O) groups is 1. The second-order valence-electron chi connectivity index (χ2n) is 10.9. The zero-order valence-electron chi connectivity index (χ0n) is 26.2. The minimum absolute atomic E-state index is 0.144. The number of carboxylic acid groups (broad SMARTS) is 1. The maximum atomic E-state index is 13.8. The zero-order valence-corrected chi connectivity index (χ0v) is 27.0. The number of nitrogens with zero attached hydrogens (tertiary/aromatic N) is 3. The van der Waals surface area contributed by atoms with Crippen molar-refractivity contribution in [2.24, 2.45) is 5.10 Å². The van der Waals surface area contributed by atoms with E-state index in [1.54, 1.807) is 36.4 Å². The second kappa shape index (κ2) is 13.9. The molecule has 0 aliphatic rings. The van der Waals surface area contributed by atoms with E-state index in [1.807, 2.05) is 38.1 Å². The standard InChI is InChI=1S/C36H34ClN3O6/c1-6-45-31-15-22(4)28(18-27(31)21(2)3)34-39-30-10-8-7-9-26(30)35(41)40(34)38-19-24-16-29(37)33(32(17-24)44-5)46-20-23-11-13-25(14-12-23)36(42)43/h7-19,21H,6,20H2,1-5H3,(H,42,43). The number of aromatic nitrogens is 2. The van der Waals surface area contributed by atoms with Gasteiger partial charge in [0.25, 0.3) is 5.56 Å². The van der Waals surface area contributed by atoms with Crippen LogP contribution in [0.3, 0.4) is 0 Å². The van der Waals surface area contributed by atoms with Gasteiger partial charge in [0, 0.05) is 5.56 Å². The number of hydrogen-bond donors (Lipinski definition) is 1. The molecule has 0 fully saturated rings. The van der Waals surface area contributed by atoms with Gasteiger partial charge in [0.1, 0.15) is 12.4 Å². The number of carboxylic acids is 1. The van der Waals surface area contributed by atoms with E-state index in [2.05, 4.69) is 18.9 Å². The Morgan fingerprint density at radius 3 is 2.46 bits per heavy atom. The van der Waals surface area contributed by atoms with Crippen molar-refractivity contribution in [2.75, 3.05) is 13.7 Å². The van der Waals surface area contributed by atoms with Crippen molar-refractivity contribution in [3.8, 4) is 28.6 Å². The molecule has 236 valence electrons. The maximum Gasteiger partial charge on any atom is 0.335 e. The Hall–Kier alpha value is -5.15. The average molecular weight is 640 g/mol. The lowest BCUT2D eigenvalue weighted by Crippen LogP contribution is -2.21. The summed E-state index contributed by atoms with van der Waals surface area (Å²) in [7, 11) is 1.50. The Kier molecular flexibility index (Phi) is 9.72. The van der Waals surface area contributed by atoms with Gasteiger partial charge in [-0.1, -0.05) is 49.7 Å². The molecule has 0 amide bonds. The van der Waals surface area contributed by atoms with Gasteiger partial charge in [-0.2, -0.15) is 9.78 Å². The highest BCUT2D eigenvalue weighted by molar-refractivity contribution is 6.32. The highest BCUT2D eigenvalue weighted by atomic mass is 35.5. The predicted octanol–water partition coefficient (Wildman–Crippen LogP) is 7.72. The number of aromatic carboxylic acids is 1. The Balaban J connectivity index is 1.55. The summed E-state index contributed by atoms with van der Waals surface area (Å²) >= 11 is 6.64. The molecule has 0 unspecified atom stereocenters. The van der Waals surface area contributed by atoms with Crippen LogP contribution in [-0.4, -0.2) is 40.7 Å². The largest absolute Gasteiger partial charge is 0.494 e. The third-order valence-corrected chi connectivity index (χ3v) is 7.71. The van der Waals surface area contributed by atoms with Gasteiger partial charge in [0.05, 0.1) is 41.4 Å². The van der Waals surface area contributed by atoms with E-state index in [-0.39, 0.29) is 28.7 Å². The second-order valence-corrected chi connectivity index (χ2v) is 11.3. The average Bonchev–Trinajstić information content (AvgIpc) is 3.04. The molecule has 0 radical (unpaired) electrons. The molecule has 10 heteroatoms. The van der Waals surface area contributed by atoms with Crippen molar-refractivity contribution < 1.29 is 24.1 Å². The molecule has 1 aromatic heterocycles. The van der Waals surface area contributed by atoms with Crippen molar-refractivity contribution >= 4 is 34.7 Å². The first-order chi connectivity index (χ1) is 22.1. The number of benzene rings is 4. The minimum Gasteiger partial charge on any atom is -0.494 e. The molecule has 0 aliphatic carbocycles. The number of fused-ring (bicyclic) bond motifs is 1. The smallest absolute Gasteiger partial charge is 0.335 e. The maximum absolute atomic E-state index is 13.8. The number of ether oxygens (including phenoxy) is 3.